The van der Waals surface area contributed by atoms with Crippen molar-refractivity contribution >= 4 is 34.8 Å². The molecule has 7 nitrogen and oxygen atoms in total. The third-order valence-corrected chi connectivity index (χ3v) is 7.14. The maximum Gasteiger partial charge on any atom is 0.271 e. The van der Waals surface area contributed by atoms with Crippen LogP contribution < -0.4 is 10.2 Å². The first-order chi connectivity index (χ1) is 16.9. The molecule has 0 radical (unpaired) electrons. The molecule has 1 amide bonds. The Labute approximate surface area is 216 Å². The Balaban J connectivity index is 1.30. The number of hydrogen-bond acceptors (Lipinski definition) is 5. The average molecular weight is 516 g/mol. The van der Waals surface area contributed by atoms with Gasteiger partial charge in [0.1, 0.15) is 11.5 Å². The zero-order valence-corrected chi connectivity index (χ0v) is 21.6. The predicted molar refractivity (Wildman–Crippen MR) is 141 cm³/mol. The van der Waals surface area contributed by atoms with Gasteiger partial charge in [0.2, 0.25) is 0 Å². The van der Waals surface area contributed by atoms with Crippen molar-refractivity contribution < 1.29 is 9.90 Å². The minimum Gasteiger partial charge on any atom is -0.390 e. The van der Waals surface area contributed by atoms with E-state index in [9.17, 15) is 9.90 Å². The fourth-order valence-corrected chi connectivity index (χ4v) is 4.91. The smallest absolute Gasteiger partial charge is 0.271 e. The van der Waals surface area contributed by atoms with E-state index in [1.807, 2.05) is 60.9 Å². The Bertz CT molecular complexity index is 1160. The maximum absolute atomic E-state index is 12.9. The number of benzene rings is 2. The number of rotatable bonds is 8. The molecule has 35 heavy (non-hydrogen) atoms. The highest BCUT2D eigenvalue weighted by molar-refractivity contribution is 6.43. The molecule has 0 aliphatic carbocycles. The molecule has 4 rings (SSSR count). The molecule has 0 saturated carbocycles. The van der Waals surface area contributed by atoms with Gasteiger partial charge in [-0.25, -0.2) is 4.98 Å². The zero-order chi connectivity index (χ0) is 24.9. The summed E-state index contributed by atoms with van der Waals surface area (Å²) in [5.74, 6) is 0.559. The lowest BCUT2D eigenvalue weighted by Crippen LogP contribution is -2.50. The van der Waals surface area contributed by atoms with Crippen LogP contribution in [0, 0.1) is 6.92 Å². The lowest BCUT2D eigenvalue weighted by Gasteiger charge is -2.37. The van der Waals surface area contributed by atoms with Gasteiger partial charge in [-0.3, -0.25) is 9.69 Å². The number of carbonyl (C=O) groups is 1. The molecular formula is C26H31Cl2N5O2. The number of hydrogen-bond donors (Lipinski definition) is 2. The first kappa shape index (κ1) is 25.5. The molecule has 3 aromatic rings. The second kappa shape index (κ2) is 11.4. The molecule has 1 fully saturated rings. The Hall–Kier alpha value is -2.58. The Kier molecular flexibility index (Phi) is 8.34. The van der Waals surface area contributed by atoms with Gasteiger partial charge >= 0.3 is 0 Å². The molecule has 2 N–H and O–H groups in total. The van der Waals surface area contributed by atoms with E-state index in [4.69, 9.17) is 23.2 Å². The summed E-state index contributed by atoms with van der Waals surface area (Å²) in [4.78, 5) is 21.9. The molecule has 0 bridgehead atoms. The Morgan fingerprint density at radius 1 is 1.09 bits per heavy atom. The van der Waals surface area contributed by atoms with Crippen LogP contribution >= 0.6 is 23.2 Å². The van der Waals surface area contributed by atoms with Crippen molar-refractivity contribution in [2.24, 2.45) is 0 Å². The van der Waals surface area contributed by atoms with Crippen LogP contribution in [0.5, 0.6) is 0 Å². The van der Waals surface area contributed by atoms with Crippen molar-refractivity contribution in [1.82, 2.24) is 19.8 Å². The van der Waals surface area contributed by atoms with Crippen LogP contribution in [0.25, 0.3) is 5.69 Å². The summed E-state index contributed by atoms with van der Waals surface area (Å²) in [5.41, 5.74) is 3.09. The van der Waals surface area contributed by atoms with Crippen LogP contribution in [0.4, 0.5) is 5.69 Å². The second-order valence-corrected chi connectivity index (χ2v) is 9.50. The lowest BCUT2D eigenvalue weighted by atomic mass is 10.2. The highest BCUT2D eigenvalue weighted by atomic mass is 35.5. The van der Waals surface area contributed by atoms with E-state index in [1.165, 1.54) is 0 Å². The third-order valence-electron chi connectivity index (χ3n) is 6.33. The van der Waals surface area contributed by atoms with E-state index in [0.717, 1.165) is 49.1 Å². The number of aliphatic hydroxyl groups is 1. The second-order valence-electron chi connectivity index (χ2n) is 8.71. The third kappa shape index (κ3) is 5.81. The highest BCUT2D eigenvalue weighted by Crippen LogP contribution is 2.32. The number of nitrogens with one attached hydrogen (secondary N) is 1. The fourth-order valence-electron chi connectivity index (χ4n) is 4.50. The number of aliphatic hydroxyl groups excluding tert-OH is 1. The number of aromatic nitrogens is 2. The van der Waals surface area contributed by atoms with Crippen molar-refractivity contribution in [1.29, 1.82) is 0 Å². The quantitative estimate of drug-likeness (QED) is 0.474. The molecule has 1 saturated heterocycles. The Morgan fingerprint density at radius 2 is 1.80 bits per heavy atom. The van der Waals surface area contributed by atoms with Crippen molar-refractivity contribution in [2.45, 2.75) is 26.4 Å². The van der Waals surface area contributed by atoms with E-state index < -0.39 is 6.10 Å². The van der Waals surface area contributed by atoms with E-state index >= 15 is 0 Å². The maximum atomic E-state index is 12.9. The predicted octanol–water partition coefficient (Wildman–Crippen LogP) is 3.96. The van der Waals surface area contributed by atoms with Gasteiger partial charge in [0.15, 0.2) is 0 Å². The molecule has 0 spiro atoms. The van der Waals surface area contributed by atoms with Gasteiger partial charge in [0.05, 0.1) is 27.5 Å². The molecule has 1 atom stereocenters. The van der Waals surface area contributed by atoms with Gasteiger partial charge in [-0.1, -0.05) is 54.4 Å². The minimum absolute atomic E-state index is 0.165. The number of nitrogens with zero attached hydrogens (tertiary/aromatic N) is 4. The number of aryl methyl sites for hydroxylation is 1. The summed E-state index contributed by atoms with van der Waals surface area (Å²) in [6.45, 7) is 7.71. The standard InChI is InChI=1S/C26H31Cl2N5O2/c1-3-23-30-25(18(2)33(23)19-8-5-4-6-9-19)26(35)29-16-20(34)17-31-12-14-32(15-13-31)22-11-7-10-21(27)24(22)28/h4-11,20,34H,3,12-17H2,1-2H3,(H,29,35). The van der Waals surface area contributed by atoms with Crippen molar-refractivity contribution in [3.63, 3.8) is 0 Å². The Morgan fingerprint density at radius 3 is 2.49 bits per heavy atom. The summed E-state index contributed by atoms with van der Waals surface area (Å²) in [6.07, 6.45) is 0.0280. The van der Waals surface area contributed by atoms with Gasteiger partial charge in [-0.05, 0) is 31.2 Å². The van der Waals surface area contributed by atoms with Crippen molar-refractivity contribution in [2.75, 3.05) is 44.2 Å². The first-order valence-corrected chi connectivity index (χ1v) is 12.7. The first-order valence-electron chi connectivity index (χ1n) is 11.9. The van der Waals surface area contributed by atoms with Gasteiger partial charge in [-0.15, -0.1) is 0 Å². The van der Waals surface area contributed by atoms with E-state index in [0.29, 0.717) is 28.7 Å². The summed E-state index contributed by atoms with van der Waals surface area (Å²) in [5, 5.41) is 14.6. The number of β-amino-alcohol motifs (C(OH)–C–C–N with tert-alkyl or cyclic N) is 1. The summed E-state index contributed by atoms with van der Waals surface area (Å²) in [6, 6.07) is 15.5. The normalized spacial score (nSPS) is 15.3. The molecule has 2 aromatic carbocycles. The van der Waals surface area contributed by atoms with Gasteiger partial charge in [0.25, 0.3) is 5.91 Å². The molecule has 1 aromatic heterocycles. The number of imidazole rings is 1. The number of halogens is 2. The number of amides is 1. The van der Waals surface area contributed by atoms with Crippen LogP contribution in [0.3, 0.4) is 0 Å². The molecule has 1 aliphatic rings. The zero-order valence-electron chi connectivity index (χ0n) is 20.0. The lowest BCUT2D eigenvalue weighted by molar-refractivity contribution is 0.0847. The van der Waals surface area contributed by atoms with Crippen LogP contribution in [-0.4, -0.2) is 70.8 Å². The molecule has 1 unspecified atom stereocenters. The number of piperazine rings is 1. The minimum atomic E-state index is -0.678. The SMILES string of the molecule is CCc1nc(C(=O)NCC(O)CN2CCN(c3cccc(Cl)c3Cl)CC2)c(C)n1-c1ccccc1. The van der Waals surface area contributed by atoms with Gasteiger partial charge in [0, 0.05) is 51.4 Å². The van der Waals surface area contributed by atoms with Gasteiger partial charge in [-0.2, -0.15) is 0 Å². The number of anilines is 1. The molecule has 9 heteroatoms. The van der Waals surface area contributed by atoms with Crippen LogP contribution in [0.2, 0.25) is 10.0 Å². The summed E-state index contributed by atoms with van der Waals surface area (Å²) < 4.78 is 2.01. The van der Waals surface area contributed by atoms with E-state index in [-0.39, 0.29) is 12.5 Å². The highest BCUT2D eigenvalue weighted by Gasteiger charge is 2.23. The van der Waals surface area contributed by atoms with Gasteiger partial charge < -0.3 is 19.9 Å². The average Bonchev–Trinajstić information content (AvgIpc) is 3.21. The monoisotopic (exact) mass is 515 g/mol. The molecule has 1 aliphatic heterocycles. The summed E-state index contributed by atoms with van der Waals surface area (Å²) in [7, 11) is 0. The van der Waals surface area contributed by atoms with Crippen molar-refractivity contribution in [3.05, 3.63) is 75.8 Å². The van der Waals surface area contributed by atoms with E-state index in [2.05, 4.69) is 20.1 Å². The molecular weight excluding hydrogens is 485 g/mol. The van der Waals surface area contributed by atoms with Crippen molar-refractivity contribution in [3.8, 4) is 5.69 Å². The fraction of sp³-hybridized carbons (Fsp3) is 0.385. The molecule has 186 valence electrons. The largest absolute Gasteiger partial charge is 0.390 e. The van der Waals surface area contributed by atoms with Crippen LogP contribution in [0.1, 0.15) is 28.9 Å². The van der Waals surface area contributed by atoms with E-state index in [1.54, 1.807) is 6.07 Å². The summed E-state index contributed by atoms with van der Waals surface area (Å²) >= 11 is 12.5. The van der Waals surface area contributed by atoms with Crippen LogP contribution in [-0.2, 0) is 6.42 Å². The molecule has 2 heterocycles. The van der Waals surface area contributed by atoms with Crippen LogP contribution in [0.15, 0.2) is 48.5 Å². The number of para-hydroxylation sites is 1. The topological polar surface area (TPSA) is 73.6 Å². The number of carbonyl (C=O) groups excluding carboxylic acids is 1.